The molecule has 0 bridgehead atoms. The van der Waals surface area contributed by atoms with Crippen LogP contribution in [0.2, 0.25) is 0 Å². The van der Waals surface area contributed by atoms with E-state index in [0.717, 1.165) is 25.9 Å². The van der Waals surface area contributed by atoms with Crippen LogP contribution in [0.3, 0.4) is 0 Å². The fourth-order valence-corrected chi connectivity index (χ4v) is 2.21. The minimum atomic E-state index is -0.840. The summed E-state index contributed by atoms with van der Waals surface area (Å²) < 4.78 is 0. The summed E-state index contributed by atoms with van der Waals surface area (Å²) in [6.07, 6.45) is 2.34. The van der Waals surface area contributed by atoms with Gasteiger partial charge in [-0.15, -0.1) is 0 Å². The van der Waals surface area contributed by atoms with Crippen LogP contribution >= 0.6 is 0 Å². The topological polar surface area (TPSA) is 95.7 Å². The highest BCUT2D eigenvalue weighted by atomic mass is 16.4. The summed E-state index contributed by atoms with van der Waals surface area (Å²) in [6.45, 7) is 5.76. The Morgan fingerprint density at radius 3 is 2.47 bits per heavy atom. The molecule has 0 aromatic carbocycles. The third kappa shape index (κ3) is 6.54. The third-order valence-electron chi connectivity index (χ3n) is 3.44. The van der Waals surface area contributed by atoms with Crippen LogP contribution in [0.15, 0.2) is 0 Å². The second kappa shape index (κ2) is 6.86. The van der Waals surface area contributed by atoms with Gasteiger partial charge in [-0.05, 0) is 33.1 Å². The van der Waals surface area contributed by atoms with E-state index in [9.17, 15) is 9.59 Å². The maximum Gasteiger partial charge on any atom is 0.303 e. The van der Waals surface area contributed by atoms with Crippen molar-refractivity contribution < 1.29 is 14.7 Å². The maximum atomic E-state index is 11.9. The molecule has 0 aromatic heterocycles. The molecule has 4 N–H and O–H groups in total. The molecule has 1 rings (SSSR count). The van der Waals surface area contributed by atoms with Crippen molar-refractivity contribution >= 4 is 11.9 Å². The Balaban J connectivity index is 2.31. The van der Waals surface area contributed by atoms with E-state index >= 15 is 0 Å². The Morgan fingerprint density at radius 1 is 1.37 bits per heavy atom. The minimum absolute atomic E-state index is 0.0501. The van der Waals surface area contributed by atoms with Crippen LogP contribution in [-0.2, 0) is 9.59 Å². The number of nitrogens with two attached hydrogens (primary N) is 1. The molecular weight excluding hydrogens is 246 g/mol. The highest BCUT2D eigenvalue weighted by Gasteiger charge is 2.24. The third-order valence-corrected chi connectivity index (χ3v) is 3.44. The van der Waals surface area contributed by atoms with Crippen LogP contribution in [0.1, 0.15) is 39.5 Å². The zero-order valence-corrected chi connectivity index (χ0v) is 11.8. The molecule has 0 aromatic rings. The van der Waals surface area contributed by atoms with Gasteiger partial charge in [0.1, 0.15) is 0 Å². The number of nitrogens with one attached hydrogen (secondary N) is 1. The Morgan fingerprint density at radius 2 is 1.95 bits per heavy atom. The summed E-state index contributed by atoms with van der Waals surface area (Å²) in [7, 11) is 0. The lowest BCUT2D eigenvalue weighted by atomic mass is 9.98. The summed E-state index contributed by atoms with van der Waals surface area (Å²) in [5.74, 6) is -0.891. The lowest BCUT2D eigenvalue weighted by molar-refractivity contribution is -0.138. The largest absolute Gasteiger partial charge is 0.481 e. The first-order valence-electron chi connectivity index (χ1n) is 6.79. The second-order valence-electron chi connectivity index (χ2n) is 5.94. The van der Waals surface area contributed by atoms with Gasteiger partial charge in [-0.25, -0.2) is 0 Å². The molecule has 1 aliphatic heterocycles. The molecule has 0 aliphatic carbocycles. The number of aliphatic carboxylic acids is 1. The number of nitrogens with zero attached hydrogens (tertiary/aromatic N) is 1. The number of carboxylic acids is 1. The van der Waals surface area contributed by atoms with Crippen molar-refractivity contribution in [2.45, 2.75) is 51.1 Å². The lowest BCUT2D eigenvalue weighted by Gasteiger charge is -2.31. The molecule has 1 fully saturated rings. The Kier molecular flexibility index (Phi) is 5.75. The van der Waals surface area contributed by atoms with Gasteiger partial charge in [0.2, 0.25) is 5.91 Å². The summed E-state index contributed by atoms with van der Waals surface area (Å²) in [5.41, 5.74) is 5.33. The quantitative estimate of drug-likeness (QED) is 0.640. The smallest absolute Gasteiger partial charge is 0.303 e. The van der Waals surface area contributed by atoms with Gasteiger partial charge in [0.05, 0.1) is 6.54 Å². The van der Waals surface area contributed by atoms with E-state index in [-0.39, 0.29) is 18.4 Å². The molecule has 1 saturated heterocycles. The highest BCUT2D eigenvalue weighted by molar-refractivity contribution is 5.79. The average molecular weight is 271 g/mol. The van der Waals surface area contributed by atoms with Gasteiger partial charge in [0, 0.05) is 31.1 Å². The fraction of sp³-hybridized carbons (Fsp3) is 0.846. The molecule has 1 amide bonds. The monoisotopic (exact) mass is 271 g/mol. The van der Waals surface area contributed by atoms with E-state index < -0.39 is 11.5 Å². The molecule has 1 aliphatic rings. The van der Waals surface area contributed by atoms with E-state index in [2.05, 4.69) is 10.2 Å². The number of carbonyl (C=O) groups is 2. The highest BCUT2D eigenvalue weighted by Crippen LogP contribution is 2.12. The van der Waals surface area contributed by atoms with Crippen LogP contribution < -0.4 is 11.1 Å². The van der Waals surface area contributed by atoms with Crippen molar-refractivity contribution in [3.05, 3.63) is 0 Å². The van der Waals surface area contributed by atoms with Gasteiger partial charge < -0.3 is 16.2 Å². The molecule has 6 heteroatoms. The molecule has 0 atom stereocenters. The molecular formula is C13H25N3O3. The van der Waals surface area contributed by atoms with Gasteiger partial charge >= 0.3 is 5.97 Å². The number of amides is 1. The van der Waals surface area contributed by atoms with Gasteiger partial charge in [-0.2, -0.15) is 0 Å². The number of hydrogen-bond acceptors (Lipinski definition) is 4. The summed E-state index contributed by atoms with van der Waals surface area (Å²) in [4.78, 5) is 24.6. The molecule has 110 valence electrons. The lowest BCUT2D eigenvalue weighted by Crippen LogP contribution is -2.50. The summed E-state index contributed by atoms with van der Waals surface area (Å²) >= 11 is 0. The summed E-state index contributed by atoms with van der Waals surface area (Å²) in [5, 5.41) is 11.6. The van der Waals surface area contributed by atoms with Crippen molar-refractivity contribution in [2.24, 2.45) is 5.73 Å². The SMILES string of the molecule is CC(C)(CCC(=O)O)NC(=O)CN1CCC(N)CC1. The molecule has 1 heterocycles. The maximum absolute atomic E-state index is 11.9. The van der Waals surface area contributed by atoms with Crippen molar-refractivity contribution in [1.29, 1.82) is 0 Å². The minimum Gasteiger partial charge on any atom is -0.481 e. The van der Waals surface area contributed by atoms with Gasteiger partial charge in [0.25, 0.3) is 0 Å². The zero-order chi connectivity index (χ0) is 14.5. The van der Waals surface area contributed by atoms with Crippen LogP contribution in [-0.4, -0.2) is 53.1 Å². The number of carboxylic acid groups (broad SMARTS) is 1. The molecule has 0 radical (unpaired) electrons. The van der Waals surface area contributed by atoms with Crippen molar-refractivity contribution in [2.75, 3.05) is 19.6 Å². The predicted octanol–water partition coefficient (Wildman–Crippen LogP) is 0.169. The van der Waals surface area contributed by atoms with E-state index in [0.29, 0.717) is 13.0 Å². The first-order chi connectivity index (χ1) is 8.78. The molecule has 0 saturated carbocycles. The predicted molar refractivity (Wildman–Crippen MR) is 72.7 cm³/mol. The first kappa shape index (κ1) is 15.9. The number of hydrogen-bond donors (Lipinski definition) is 3. The fourth-order valence-electron chi connectivity index (χ4n) is 2.21. The summed E-state index contributed by atoms with van der Waals surface area (Å²) in [6, 6.07) is 0.256. The van der Waals surface area contributed by atoms with Crippen LogP contribution in [0.4, 0.5) is 0 Å². The average Bonchev–Trinajstić information content (AvgIpc) is 2.29. The van der Waals surface area contributed by atoms with Crippen molar-refractivity contribution in [3.63, 3.8) is 0 Å². The second-order valence-corrected chi connectivity index (χ2v) is 5.94. The first-order valence-corrected chi connectivity index (χ1v) is 6.79. The zero-order valence-electron chi connectivity index (χ0n) is 11.8. The van der Waals surface area contributed by atoms with Crippen LogP contribution in [0.25, 0.3) is 0 Å². The van der Waals surface area contributed by atoms with Crippen molar-refractivity contribution in [3.8, 4) is 0 Å². The van der Waals surface area contributed by atoms with Gasteiger partial charge in [-0.3, -0.25) is 14.5 Å². The van der Waals surface area contributed by atoms with Crippen LogP contribution in [0, 0.1) is 0 Å². The standard InChI is InChI=1S/C13H25N3O3/c1-13(2,6-3-12(18)19)15-11(17)9-16-7-4-10(14)5-8-16/h10H,3-9,14H2,1-2H3,(H,15,17)(H,18,19). The molecule has 19 heavy (non-hydrogen) atoms. The Bertz CT molecular complexity index is 323. The number of carbonyl (C=O) groups excluding carboxylic acids is 1. The van der Waals surface area contributed by atoms with Gasteiger partial charge in [-0.1, -0.05) is 0 Å². The van der Waals surface area contributed by atoms with E-state index in [4.69, 9.17) is 10.8 Å². The van der Waals surface area contributed by atoms with E-state index in [1.54, 1.807) is 0 Å². The molecule has 0 unspecified atom stereocenters. The number of piperidine rings is 1. The molecule has 0 spiro atoms. The van der Waals surface area contributed by atoms with Gasteiger partial charge in [0.15, 0.2) is 0 Å². The molecule has 6 nitrogen and oxygen atoms in total. The van der Waals surface area contributed by atoms with E-state index in [1.165, 1.54) is 0 Å². The normalized spacial score (nSPS) is 18.3. The van der Waals surface area contributed by atoms with Crippen LogP contribution in [0.5, 0.6) is 0 Å². The Hall–Kier alpha value is -1.14. The van der Waals surface area contributed by atoms with Crippen molar-refractivity contribution in [1.82, 2.24) is 10.2 Å². The number of rotatable bonds is 6. The Labute approximate surface area is 114 Å². The van der Waals surface area contributed by atoms with E-state index in [1.807, 2.05) is 13.8 Å². The number of likely N-dealkylation sites (tertiary alicyclic amines) is 1.